The summed E-state index contributed by atoms with van der Waals surface area (Å²) in [6.07, 6.45) is 3.56. The molecule has 2 heteroatoms. The summed E-state index contributed by atoms with van der Waals surface area (Å²) in [4.78, 5) is 4.60. The van der Waals surface area contributed by atoms with Gasteiger partial charge in [-0.15, -0.1) is 0 Å². The Kier molecular flexibility index (Phi) is 2.33. The van der Waals surface area contributed by atoms with E-state index in [1.807, 2.05) is 12.1 Å². The summed E-state index contributed by atoms with van der Waals surface area (Å²) in [6, 6.07) is 12.4. The van der Waals surface area contributed by atoms with Gasteiger partial charge in [0, 0.05) is 18.7 Å². The molecule has 0 aliphatic carbocycles. The van der Waals surface area contributed by atoms with Gasteiger partial charge in [-0.3, -0.25) is 4.99 Å². The Morgan fingerprint density at radius 2 is 2.06 bits per heavy atom. The highest BCUT2D eigenvalue weighted by Gasteiger charge is 2.14. The molecule has 0 amide bonds. The lowest BCUT2D eigenvalue weighted by Gasteiger charge is -2.15. The Hall–Kier alpha value is -1.83. The van der Waals surface area contributed by atoms with Crippen LogP contribution in [0.3, 0.4) is 0 Å². The molecule has 0 atom stereocenters. The maximum absolute atomic E-state index is 5.37. The minimum absolute atomic E-state index is 0.796. The van der Waals surface area contributed by atoms with E-state index in [0.29, 0.717) is 0 Å². The Morgan fingerprint density at radius 3 is 2.94 bits per heavy atom. The first-order valence-electron chi connectivity index (χ1n) is 5.57. The van der Waals surface area contributed by atoms with Gasteiger partial charge in [0.25, 0.3) is 0 Å². The molecule has 1 aliphatic heterocycles. The SMILES string of the molecule is c1coc(CC2=NCCc3ccccc32)c1. The molecule has 0 radical (unpaired) electrons. The molecule has 2 nitrogen and oxygen atoms in total. The molecular weight excluding hydrogens is 198 g/mol. The molecule has 3 rings (SSSR count). The molecule has 2 aromatic rings. The van der Waals surface area contributed by atoms with Gasteiger partial charge in [0.05, 0.1) is 6.26 Å². The average molecular weight is 211 g/mol. The molecule has 0 N–H and O–H groups in total. The molecule has 1 aliphatic rings. The predicted molar refractivity (Wildman–Crippen MR) is 64.0 cm³/mol. The normalized spacial score (nSPS) is 14.4. The fraction of sp³-hybridized carbons (Fsp3) is 0.214. The highest BCUT2D eigenvalue weighted by molar-refractivity contribution is 6.03. The quantitative estimate of drug-likeness (QED) is 0.750. The van der Waals surface area contributed by atoms with E-state index in [2.05, 4.69) is 29.3 Å². The van der Waals surface area contributed by atoms with Crippen molar-refractivity contribution < 1.29 is 4.42 Å². The molecule has 0 bridgehead atoms. The second-order valence-electron chi connectivity index (χ2n) is 3.99. The summed E-state index contributed by atoms with van der Waals surface area (Å²) in [7, 11) is 0. The molecule has 16 heavy (non-hydrogen) atoms. The summed E-state index contributed by atoms with van der Waals surface area (Å²) in [5, 5.41) is 0. The van der Waals surface area contributed by atoms with Crippen LogP contribution >= 0.6 is 0 Å². The van der Waals surface area contributed by atoms with Crippen LogP contribution in [0.4, 0.5) is 0 Å². The lowest BCUT2D eigenvalue weighted by molar-refractivity contribution is 0.526. The zero-order chi connectivity index (χ0) is 10.8. The second-order valence-corrected chi connectivity index (χ2v) is 3.99. The minimum atomic E-state index is 0.796. The van der Waals surface area contributed by atoms with Gasteiger partial charge in [-0.2, -0.15) is 0 Å². The van der Waals surface area contributed by atoms with Crippen LogP contribution in [0.25, 0.3) is 0 Å². The molecule has 1 aromatic heterocycles. The monoisotopic (exact) mass is 211 g/mol. The summed E-state index contributed by atoms with van der Waals surface area (Å²) in [6.45, 7) is 0.896. The largest absolute Gasteiger partial charge is 0.469 e. The van der Waals surface area contributed by atoms with Crippen molar-refractivity contribution in [1.82, 2.24) is 0 Å². The maximum Gasteiger partial charge on any atom is 0.109 e. The first kappa shape index (κ1) is 9.40. The lowest BCUT2D eigenvalue weighted by atomic mass is 9.95. The third-order valence-corrected chi connectivity index (χ3v) is 2.93. The number of nitrogens with zero attached hydrogens (tertiary/aromatic N) is 1. The van der Waals surface area contributed by atoms with E-state index in [1.165, 1.54) is 11.1 Å². The van der Waals surface area contributed by atoms with Crippen molar-refractivity contribution in [3.05, 3.63) is 59.5 Å². The third kappa shape index (κ3) is 1.67. The van der Waals surface area contributed by atoms with Crippen LogP contribution in [-0.4, -0.2) is 12.3 Å². The maximum atomic E-state index is 5.37. The second kappa shape index (κ2) is 3.97. The summed E-state index contributed by atoms with van der Waals surface area (Å²) >= 11 is 0. The van der Waals surface area contributed by atoms with Crippen LogP contribution in [0, 0.1) is 0 Å². The molecule has 0 fully saturated rings. The highest BCUT2D eigenvalue weighted by atomic mass is 16.3. The molecule has 0 spiro atoms. The fourth-order valence-electron chi connectivity index (χ4n) is 2.15. The van der Waals surface area contributed by atoms with Gasteiger partial charge in [-0.25, -0.2) is 0 Å². The van der Waals surface area contributed by atoms with Crippen molar-refractivity contribution in [3.8, 4) is 0 Å². The van der Waals surface area contributed by atoms with Crippen LogP contribution in [0.1, 0.15) is 16.9 Å². The Balaban J connectivity index is 1.94. The van der Waals surface area contributed by atoms with Crippen molar-refractivity contribution >= 4 is 5.71 Å². The van der Waals surface area contributed by atoms with E-state index >= 15 is 0 Å². The number of hydrogen-bond donors (Lipinski definition) is 0. The van der Waals surface area contributed by atoms with Crippen LogP contribution in [0.5, 0.6) is 0 Å². The Bertz CT molecular complexity index is 511. The minimum Gasteiger partial charge on any atom is -0.469 e. The number of benzene rings is 1. The zero-order valence-corrected chi connectivity index (χ0v) is 9.02. The number of aliphatic imine (C=N–C) groups is 1. The molecule has 80 valence electrons. The van der Waals surface area contributed by atoms with Gasteiger partial charge in [0.15, 0.2) is 0 Å². The number of fused-ring (bicyclic) bond motifs is 1. The van der Waals surface area contributed by atoms with Crippen LogP contribution in [0.15, 0.2) is 52.1 Å². The molecular formula is C14H13NO. The van der Waals surface area contributed by atoms with Crippen LogP contribution in [0.2, 0.25) is 0 Å². The van der Waals surface area contributed by atoms with E-state index in [4.69, 9.17) is 4.42 Å². The average Bonchev–Trinajstić information content (AvgIpc) is 2.82. The van der Waals surface area contributed by atoms with E-state index in [0.717, 1.165) is 30.9 Å². The molecule has 0 saturated heterocycles. The summed E-state index contributed by atoms with van der Waals surface area (Å²) in [5.41, 5.74) is 3.83. The van der Waals surface area contributed by atoms with E-state index in [9.17, 15) is 0 Å². The van der Waals surface area contributed by atoms with Gasteiger partial charge in [-0.1, -0.05) is 24.3 Å². The fourth-order valence-corrected chi connectivity index (χ4v) is 2.15. The van der Waals surface area contributed by atoms with Crippen molar-refractivity contribution in [3.63, 3.8) is 0 Å². The molecule has 0 saturated carbocycles. The highest BCUT2D eigenvalue weighted by Crippen LogP contribution is 2.18. The van der Waals surface area contributed by atoms with Crippen molar-refractivity contribution in [2.24, 2.45) is 4.99 Å². The topological polar surface area (TPSA) is 25.5 Å². The number of hydrogen-bond acceptors (Lipinski definition) is 2. The van der Waals surface area contributed by atoms with Gasteiger partial charge in [-0.05, 0) is 29.7 Å². The van der Waals surface area contributed by atoms with Crippen molar-refractivity contribution in [2.75, 3.05) is 6.54 Å². The van der Waals surface area contributed by atoms with Crippen LogP contribution < -0.4 is 0 Å². The predicted octanol–water partition coefficient (Wildman–Crippen LogP) is 2.87. The standard InChI is InChI=1S/C14H13NO/c1-2-6-13-11(4-1)7-8-15-14(13)10-12-5-3-9-16-12/h1-6,9H,7-8,10H2. The molecule has 2 heterocycles. The summed E-state index contributed by atoms with van der Waals surface area (Å²) < 4.78 is 5.37. The first-order valence-corrected chi connectivity index (χ1v) is 5.57. The van der Waals surface area contributed by atoms with Crippen molar-refractivity contribution in [2.45, 2.75) is 12.8 Å². The van der Waals surface area contributed by atoms with Gasteiger partial charge in [0.2, 0.25) is 0 Å². The summed E-state index contributed by atoms with van der Waals surface area (Å²) in [5.74, 6) is 0.982. The number of rotatable bonds is 2. The molecule has 1 aromatic carbocycles. The van der Waals surface area contributed by atoms with Crippen molar-refractivity contribution in [1.29, 1.82) is 0 Å². The van der Waals surface area contributed by atoms with E-state index < -0.39 is 0 Å². The molecule has 0 unspecified atom stereocenters. The lowest BCUT2D eigenvalue weighted by Crippen LogP contribution is -2.14. The Morgan fingerprint density at radius 1 is 1.12 bits per heavy atom. The van der Waals surface area contributed by atoms with E-state index in [-0.39, 0.29) is 0 Å². The first-order chi connectivity index (χ1) is 7.93. The van der Waals surface area contributed by atoms with Crippen LogP contribution in [-0.2, 0) is 12.8 Å². The number of furan rings is 1. The smallest absolute Gasteiger partial charge is 0.109 e. The van der Waals surface area contributed by atoms with Gasteiger partial charge >= 0.3 is 0 Å². The van der Waals surface area contributed by atoms with E-state index in [1.54, 1.807) is 6.26 Å². The Labute approximate surface area is 94.6 Å². The van der Waals surface area contributed by atoms with Gasteiger partial charge in [0.1, 0.15) is 5.76 Å². The zero-order valence-electron chi connectivity index (χ0n) is 9.02. The third-order valence-electron chi connectivity index (χ3n) is 2.93. The van der Waals surface area contributed by atoms with Gasteiger partial charge < -0.3 is 4.42 Å².